The molecule has 21 heavy (non-hydrogen) atoms. The minimum atomic E-state index is -1.73. The summed E-state index contributed by atoms with van der Waals surface area (Å²) in [4.78, 5) is 23.1. The number of carbonyl (C=O) groups excluding carboxylic acids is 1. The van der Waals surface area contributed by atoms with Gasteiger partial charge in [0.1, 0.15) is 5.56 Å². The highest BCUT2D eigenvalue weighted by molar-refractivity contribution is 6.08. The Morgan fingerprint density at radius 2 is 1.71 bits per heavy atom. The van der Waals surface area contributed by atoms with Crippen molar-refractivity contribution in [3.05, 3.63) is 50.5 Å². The first-order chi connectivity index (χ1) is 9.59. The number of nitrogens with zero attached hydrogens (tertiary/aromatic N) is 2. The molecule has 0 unspecified atom stereocenters. The highest BCUT2D eigenvalue weighted by Crippen LogP contribution is 2.31. The van der Waals surface area contributed by atoms with Crippen molar-refractivity contribution < 1.29 is 22.9 Å². The van der Waals surface area contributed by atoms with Crippen molar-refractivity contribution in [1.29, 1.82) is 0 Å². The van der Waals surface area contributed by atoms with Crippen LogP contribution in [0.5, 0.6) is 0 Å². The summed E-state index contributed by atoms with van der Waals surface area (Å²) in [5.74, 6) is -6.08. The van der Waals surface area contributed by atoms with Crippen molar-refractivity contribution in [2.75, 3.05) is 14.1 Å². The Kier molecular flexibility index (Phi) is 4.72. The molecule has 0 aliphatic carbocycles. The predicted molar refractivity (Wildman–Crippen MR) is 69.5 cm³/mol. The number of nitro benzene ring substituents is 1. The molecule has 0 amide bonds. The van der Waals surface area contributed by atoms with Gasteiger partial charge < -0.3 is 4.90 Å². The lowest BCUT2D eigenvalue weighted by Gasteiger charge is -2.12. The lowest BCUT2D eigenvalue weighted by Crippen LogP contribution is -2.14. The van der Waals surface area contributed by atoms with Crippen LogP contribution in [0.3, 0.4) is 0 Å². The molecule has 5 nitrogen and oxygen atoms in total. The van der Waals surface area contributed by atoms with Crippen LogP contribution in [0.1, 0.15) is 22.8 Å². The highest BCUT2D eigenvalue weighted by Gasteiger charge is 2.33. The SMILES string of the molecule is CC(=CC(=O)c1c(F)c(F)c(C)c(F)c1[N+](=O)[O-])N(C)C. The summed E-state index contributed by atoms with van der Waals surface area (Å²) in [7, 11) is 3.17. The number of benzene rings is 1. The van der Waals surface area contributed by atoms with Crippen LogP contribution in [0.4, 0.5) is 18.9 Å². The van der Waals surface area contributed by atoms with Gasteiger partial charge in [-0.2, -0.15) is 4.39 Å². The summed E-state index contributed by atoms with van der Waals surface area (Å²) in [6.45, 7) is 2.35. The quantitative estimate of drug-likeness (QED) is 0.282. The molecule has 0 saturated carbocycles. The number of hydrogen-bond donors (Lipinski definition) is 0. The molecule has 0 fully saturated rings. The normalized spacial score (nSPS) is 11.5. The van der Waals surface area contributed by atoms with Gasteiger partial charge in [-0.15, -0.1) is 0 Å². The maximum Gasteiger partial charge on any atom is 0.319 e. The maximum atomic E-state index is 13.9. The Labute approximate surface area is 118 Å². The van der Waals surface area contributed by atoms with Crippen molar-refractivity contribution in [3.63, 3.8) is 0 Å². The summed E-state index contributed by atoms with van der Waals surface area (Å²) >= 11 is 0. The molecule has 0 aliphatic heterocycles. The van der Waals surface area contributed by atoms with Crippen LogP contribution in [-0.2, 0) is 0 Å². The fourth-order valence-electron chi connectivity index (χ4n) is 1.55. The minimum Gasteiger partial charge on any atom is -0.381 e. The molecule has 0 bridgehead atoms. The average molecular weight is 302 g/mol. The van der Waals surface area contributed by atoms with Crippen LogP contribution in [-0.4, -0.2) is 29.7 Å². The number of carbonyl (C=O) groups is 1. The molecule has 0 atom stereocenters. The van der Waals surface area contributed by atoms with Gasteiger partial charge in [0.15, 0.2) is 17.4 Å². The number of halogens is 3. The molecule has 0 radical (unpaired) electrons. The molecular weight excluding hydrogens is 289 g/mol. The van der Waals surface area contributed by atoms with E-state index >= 15 is 0 Å². The minimum absolute atomic E-state index is 0.343. The molecule has 114 valence electrons. The Morgan fingerprint density at radius 1 is 1.19 bits per heavy atom. The third-order valence-electron chi connectivity index (χ3n) is 2.99. The Morgan fingerprint density at radius 3 is 2.14 bits per heavy atom. The van der Waals surface area contributed by atoms with Gasteiger partial charge in [0.2, 0.25) is 5.82 Å². The fourth-order valence-corrected chi connectivity index (χ4v) is 1.55. The second kappa shape index (κ2) is 5.94. The van der Waals surface area contributed by atoms with E-state index in [1.165, 1.54) is 11.8 Å². The second-order valence-electron chi connectivity index (χ2n) is 4.59. The highest BCUT2D eigenvalue weighted by atomic mass is 19.2. The Balaban J connectivity index is 3.66. The van der Waals surface area contributed by atoms with E-state index in [4.69, 9.17) is 0 Å². The van der Waals surface area contributed by atoms with Crippen molar-refractivity contribution in [2.45, 2.75) is 13.8 Å². The summed E-state index contributed by atoms with van der Waals surface area (Å²) in [5.41, 5.74) is -3.08. The molecule has 1 rings (SSSR count). The van der Waals surface area contributed by atoms with Crippen molar-refractivity contribution in [1.82, 2.24) is 4.90 Å². The van der Waals surface area contributed by atoms with E-state index in [0.717, 1.165) is 13.0 Å². The first-order valence-electron chi connectivity index (χ1n) is 5.81. The molecule has 0 aliphatic rings. The van der Waals surface area contributed by atoms with Crippen molar-refractivity contribution >= 4 is 11.5 Å². The molecule has 1 aromatic rings. The summed E-state index contributed by atoms with van der Waals surface area (Å²) in [5, 5.41) is 10.9. The second-order valence-corrected chi connectivity index (χ2v) is 4.59. The lowest BCUT2D eigenvalue weighted by atomic mass is 10.0. The van der Waals surface area contributed by atoms with E-state index in [1.807, 2.05) is 0 Å². The smallest absolute Gasteiger partial charge is 0.319 e. The summed E-state index contributed by atoms with van der Waals surface area (Å²) in [6.07, 6.45) is 0.875. The third-order valence-corrected chi connectivity index (χ3v) is 2.99. The monoisotopic (exact) mass is 302 g/mol. The number of allylic oxidation sites excluding steroid dienone is 2. The maximum absolute atomic E-state index is 13.9. The van der Waals surface area contributed by atoms with Crippen LogP contribution >= 0.6 is 0 Å². The summed E-state index contributed by atoms with van der Waals surface area (Å²) in [6, 6.07) is 0. The first kappa shape index (κ1) is 16.7. The number of hydrogen-bond acceptors (Lipinski definition) is 4. The van der Waals surface area contributed by atoms with Crippen LogP contribution in [0.2, 0.25) is 0 Å². The topological polar surface area (TPSA) is 63.4 Å². The number of nitro groups is 1. The summed E-state index contributed by atoms with van der Waals surface area (Å²) < 4.78 is 41.2. The van der Waals surface area contributed by atoms with Gasteiger partial charge in [-0.05, 0) is 13.8 Å². The van der Waals surface area contributed by atoms with E-state index in [2.05, 4.69) is 0 Å². The Hall–Kier alpha value is -2.38. The van der Waals surface area contributed by atoms with E-state index in [9.17, 15) is 28.1 Å². The fraction of sp³-hybridized carbons (Fsp3) is 0.308. The van der Waals surface area contributed by atoms with Crippen molar-refractivity contribution in [2.24, 2.45) is 0 Å². The molecule has 1 aromatic carbocycles. The van der Waals surface area contributed by atoms with E-state index in [-0.39, 0.29) is 0 Å². The largest absolute Gasteiger partial charge is 0.381 e. The third kappa shape index (κ3) is 3.04. The zero-order valence-electron chi connectivity index (χ0n) is 11.8. The first-order valence-corrected chi connectivity index (χ1v) is 5.81. The van der Waals surface area contributed by atoms with Gasteiger partial charge >= 0.3 is 5.69 Å². The van der Waals surface area contributed by atoms with E-state index in [0.29, 0.717) is 5.70 Å². The average Bonchev–Trinajstić information content (AvgIpc) is 2.39. The predicted octanol–water partition coefficient (Wildman–Crippen LogP) is 2.97. The van der Waals surface area contributed by atoms with E-state index < -0.39 is 45.0 Å². The lowest BCUT2D eigenvalue weighted by molar-refractivity contribution is -0.388. The van der Waals surface area contributed by atoms with Gasteiger partial charge in [0, 0.05) is 31.4 Å². The van der Waals surface area contributed by atoms with E-state index in [1.54, 1.807) is 14.1 Å². The molecule has 0 aromatic heterocycles. The number of ketones is 1. The molecular formula is C13H13F3N2O3. The number of rotatable bonds is 4. The Bertz CT molecular complexity index is 655. The molecule has 0 heterocycles. The molecule has 0 spiro atoms. The van der Waals surface area contributed by atoms with Gasteiger partial charge in [-0.1, -0.05) is 0 Å². The van der Waals surface area contributed by atoms with Gasteiger partial charge in [-0.25, -0.2) is 8.78 Å². The standard InChI is InChI=1S/C13H13F3N2O3/c1-6(17(3)4)5-8(19)9-12(16)10(14)7(2)11(15)13(9)18(20)21/h5H,1-4H3. The van der Waals surface area contributed by atoms with Crippen LogP contribution in [0.25, 0.3) is 0 Å². The molecule has 8 heteroatoms. The van der Waals surface area contributed by atoms with Crippen LogP contribution in [0.15, 0.2) is 11.8 Å². The zero-order valence-corrected chi connectivity index (χ0v) is 11.8. The van der Waals surface area contributed by atoms with Gasteiger partial charge in [0.05, 0.1) is 4.92 Å². The van der Waals surface area contributed by atoms with Crippen molar-refractivity contribution in [3.8, 4) is 0 Å². The van der Waals surface area contributed by atoms with Crippen LogP contribution < -0.4 is 0 Å². The molecule has 0 N–H and O–H groups in total. The zero-order chi connectivity index (χ0) is 16.5. The van der Waals surface area contributed by atoms with Gasteiger partial charge in [-0.3, -0.25) is 14.9 Å². The molecule has 0 saturated heterocycles. The van der Waals surface area contributed by atoms with Gasteiger partial charge in [0.25, 0.3) is 0 Å². The van der Waals surface area contributed by atoms with Crippen LogP contribution in [0, 0.1) is 34.5 Å².